The van der Waals surface area contributed by atoms with Gasteiger partial charge in [0.25, 0.3) is 0 Å². The molecule has 0 saturated carbocycles. The van der Waals surface area contributed by atoms with Gasteiger partial charge < -0.3 is 15.8 Å². The third-order valence-corrected chi connectivity index (χ3v) is 4.38. The minimum absolute atomic E-state index is 0. The summed E-state index contributed by atoms with van der Waals surface area (Å²) in [6.45, 7) is 5.92. The number of hydrogen-bond acceptors (Lipinski definition) is 5. The maximum Gasteiger partial charge on any atom is 0.348 e. The molecule has 0 saturated heterocycles. The van der Waals surface area contributed by atoms with E-state index in [1.54, 1.807) is 19.1 Å². The van der Waals surface area contributed by atoms with Gasteiger partial charge in [0.1, 0.15) is 4.88 Å². The number of fused-ring (bicyclic) bond motifs is 1. The van der Waals surface area contributed by atoms with Crippen molar-refractivity contribution in [2.75, 3.05) is 11.9 Å². The van der Waals surface area contributed by atoms with Crippen molar-refractivity contribution in [1.82, 2.24) is 0 Å². The van der Waals surface area contributed by atoms with Crippen LogP contribution in [0.4, 0.5) is 5.69 Å². The van der Waals surface area contributed by atoms with Gasteiger partial charge >= 0.3 is 5.97 Å². The lowest BCUT2D eigenvalue weighted by Gasteiger charge is -2.15. The van der Waals surface area contributed by atoms with E-state index in [9.17, 15) is 9.59 Å². The number of benzene rings is 1. The number of esters is 1. The van der Waals surface area contributed by atoms with Crippen molar-refractivity contribution in [1.29, 1.82) is 0 Å². The average Bonchev–Trinajstić information content (AvgIpc) is 2.89. The van der Waals surface area contributed by atoms with Gasteiger partial charge in [0.15, 0.2) is 0 Å². The Kier molecular flexibility index (Phi) is 7.00. The van der Waals surface area contributed by atoms with Gasteiger partial charge in [-0.1, -0.05) is 13.8 Å². The van der Waals surface area contributed by atoms with Crippen molar-refractivity contribution in [3.05, 3.63) is 29.1 Å². The smallest absolute Gasteiger partial charge is 0.348 e. The van der Waals surface area contributed by atoms with Crippen LogP contribution < -0.4 is 11.1 Å². The van der Waals surface area contributed by atoms with E-state index in [4.69, 9.17) is 10.5 Å². The van der Waals surface area contributed by atoms with Gasteiger partial charge in [0.2, 0.25) is 5.91 Å². The molecule has 1 aromatic carbocycles. The first-order chi connectivity index (χ1) is 10.4. The second-order valence-corrected chi connectivity index (χ2v) is 6.43. The molecule has 0 spiro atoms. The Hall–Kier alpha value is -1.63. The largest absolute Gasteiger partial charge is 0.462 e. The second kappa shape index (κ2) is 8.29. The van der Waals surface area contributed by atoms with Gasteiger partial charge in [-0.2, -0.15) is 0 Å². The molecule has 7 heteroatoms. The van der Waals surface area contributed by atoms with Crippen LogP contribution in [0.1, 0.15) is 30.4 Å². The summed E-state index contributed by atoms with van der Waals surface area (Å²) in [7, 11) is 0. The van der Waals surface area contributed by atoms with Crippen LogP contribution in [-0.4, -0.2) is 24.5 Å². The van der Waals surface area contributed by atoms with Crippen molar-refractivity contribution < 1.29 is 14.3 Å². The van der Waals surface area contributed by atoms with Crippen molar-refractivity contribution in [3.8, 4) is 0 Å². The fourth-order valence-corrected chi connectivity index (χ4v) is 2.89. The zero-order valence-corrected chi connectivity index (χ0v) is 14.9. The molecule has 3 N–H and O–H groups in total. The van der Waals surface area contributed by atoms with Crippen LogP contribution in [0.25, 0.3) is 10.1 Å². The van der Waals surface area contributed by atoms with Crippen LogP contribution >= 0.6 is 23.7 Å². The van der Waals surface area contributed by atoms with E-state index >= 15 is 0 Å². The number of hydrogen-bond donors (Lipinski definition) is 2. The summed E-state index contributed by atoms with van der Waals surface area (Å²) in [5, 5.41) is 3.70. The third-order valence-electron chi connectivity index (χ3n) is 3.28. The maximum absolute atomic E-state index is 12.0. The van der Waals surface area contributed by atoms with E-state index in [1.165, 1.54) is 11.3 Å². The van der Waals surface area contributed by atoms with Gasteiger partial charge in [0.05, 0.1) is 12.6 Å². The SMILES string of the molecule is CCOC(=O)c1cc2cc(NC(=O)C(N)C(C)C)ccc2s1.Cl. The minimum atomic E-state index is -0.548. The van der Waals surface area contributed by atoms with Crippen molar-refractivity contribution in [2.24, 2.45) is 11.7 Å². The highest BCUT2D eigenvalue weighted by Gasteiger charge is 2.17. The number of thiophene rings is 1. The molecule has 23 heavy (non-hydrogen) atoms. The van der Waals surface area contributed by atoms with Gasteiger partial charge in [-0.25, -0.2) is 4.79 Å². The molecule has 126 valence electrons. The summed E-state index contributed by atoms with van der Waals surface area (Å²) in [6.07, 6.45) is 0. The van der Waals surface area contributed by atoms with E-state index in [-0.39, 0.29) is 30.2 Å². The molecule has 0 aliphatic rings. The fraction of sp³-hybridized carbons (Fsp3) is 0.375. The predicted molar refractivity (Wildman–Crippen MR) is 96.5 cm³/mol. The first-order valence-corrected chi connectivity index (χ1v) is 8.01. The molecule has 1 aromatic heterocycles. The molecule has 2 rings (SSSR count). The highest BCUT2D eigenvalue weighted by atomic mass is 35.5. The van der Waals surface area contributed by atoms with E-state index < -0.39 is 6.04 Å². The quantitative estimate of drug-likeness (QED) is 0.804. The van der Waals surface area contributed by atoms with E-state index in [2.05, 4.69) is 5.32 Å². The molecule has 1 unspecified atom stereocenters. The van der Waals surface area contributed by atoms with Crippen molar-refractivity contribution >= 4 is 51.4 Å². The van der Waals surface area contributed by atoms with Crippen LogP contribution in [0.2, 0.25) is 0 Å². The number of rotatable bonds is 5. The fourth-order valence-electron chi connectivity index (χ4n) is 1.95. The number of nitrogens with two attached hydrogens (primary N) is 1. The average molecular weight is 357 g/mol. The molecule has 0 fully saturated rings. The molecule has 5 nitrogen and oxygen atoms in total. The molecular weight excluding hydrogens is 336 g/mol. The molecule has 0 aliphatic heterocycles. The van der Waals surface area contributed by atoms with E-state index in [0.29, 0.717) is 17.2 Å². The van der Waals surface area contributed by atoms with Gasteiger partial charge in [-0.15, -0.1) is 23.7 Å². The number of carbonyl (C=O) groups excluding carboxylic acids is 2. The molecule has 0 aliphatic carbocycles. The van der Waals surface area contributed by atoms with Gasteiger partial charge in [-0.05, 0) is 42.5 Å². The zero-order chi connectivity index (χ0) is 16.3. The Morgan fingerprint density at radius 3 is 2.61 bits per heavy atom. The lowest BCUT2D eigenvalue weighted by Crippen LogP contribution is -2.39. The summed E-state index contributed by atoms with van der Waals surface area (Å²) >= 11 is 1.37. The molecular formula is C16H21ClN2O3S. The molecule has 2 aromatic rings. The van der Waals surface area contributed by atoms with Crippen LogP contribution in [0.15, 0.2) is 24.3 Å². The number of ether oxygens (including phenoxy) is 1. The van der Waals surface area contributed by atoms with E-state index in [1.807, 2.05) is 26.0 Å². The Balaban J connectivity index is 0.00000264. The van der Waals surface area contributed by atoms with Gasteiger partial charge in [0, 0.05) is 10.4 Å². The molecule has 1 heterocycles. The van der Waals surface area contributed by atoms with Crippen LogP contribution in [0, 0.1) is 5.92 Å². The number of amides is 1. The van der Waals surface area contributed by atoms with Crippen molar-refractivity contribution in [3.63, 3.8) is 0 Å². The highest BCUT2D eigenvalue weighted by molar-refractivity contribution is 7.20. The minimum Gasteiger partial charge on any atom is -0.462 e. The Bertz CT molecular complexity index is 700. The summed E-state index contributed by atoms with van der Waals surface area (Å²) < 4.78 is 5.96. The summed E-state index contributed by atoms with van der Waals surface area (Å²) in [6, 6.07) is 6.74. The number of anilines is 1. The molecule has 0 bridgehead atoms. The lowest BCUT2D eigenvalue weighted by atomic mass is 10.0. The monoisotopic (exact) mass is 356 g/mol. The Morgan fingerprint density at radius 1 is 1.30 bits per heavy atom. The maximum atomic E-state index is 12.0. The molecule has 1 atom stereocenters. The van der Waals surface area contributed by atoms with Crippen molar-refractivity contribution in [2.45, 2.75) is 26.8 Å². The summed E-state index contributed by atoms with van der Waals surface area (Å²) in [5.74, 6) is -0.466. The number of carbonyl (C=O) groups is 2. The van der Waals surface area contributed by atoms with Crippen LogP contribution in [0.3, 0.4) is 0 Å². The van der Waals surface area contributed by atoms with Gasteiger partial charge in [-0.3, -0.25) is 4.79 Å². The normalized spacial score (nSPS) is 11.9. The highest BCUT2D eigenvalue weighted by Crippen LogP contribution is 2.28. The number of halogens is 1. The van der Waals surface area contributed by atoms with Crippen LogP contribution in [0.5, 0.6) is 0 Å². The lowest BCUT2D eigenvalue weighted by molar-refractivity contribution is -0.118. The second-order valence-electron chi connectivity index (χ2n) is 5.34. The number of nitrogens with one attached hydrogen (secondary N) is 1. The summed E-state index contributed by atoms with van der Waals surface area (Å²) in [4.78, 5) is 24.3. The van der Waals surface area contributed by atoms with Crippen LogP contribution in [-0.2, 0) is 9.53 Å². The predicted octanol–water partition coefficient (Wildman–Crippen LogP) is 3.42. The Morgan fingerprint density at radius 2 is 2.00 bits per heavy atom. The Labute approximate surface area is 145 Å². The summed E-state index contributed by atoms with van der Waals surface area (Å²) in [5.41, 5.74) is 6.49. The zero-order valence-electron chi connectivity index (χ0n) is 13.3. The topological polar surface area (TPSA) is 81.4 Å². The third kappa shape index (κ3) is 4.67. The first-order valence-electron chi connectivity index (χ1n) is 7.19. The molecule has 1 amide bonds. The first kappa shape index (κ1) is 19.4. The molecule has 0 radical (unpaired) electrons. The standard InChI is InChI=1S/C16H20N2O3S.ClH/c1-4-21-16(20)13-8-10-7-11(5-6-12(10)22-13)18-15(19)14(17)9(2)3;/h5-9,14H,4,17H2,1-3H3,(H,18,19);1H. The van der Waals surface area contributed by atoms with E-state index in [0.717, 1.165) is 10.1 Å².